The lowest BCUT2D eigenvalue weighted by Gasteiger charge is -2.36. The molecule has 112 valence electrons. The minimum Gasteiger partial charge on any atom is -0.381 e. The van der Waals surface area contributed by atoms with Gasteiger partial charge in [0.15, 0.2) is 0 Å². The summed E-state index contributed by atoms with van der Waals surface area (Å²) in [6.07, 6.45) is 2.38. The molecule has 3 fully saturated rings. The Balaban J connectivity index is 1.48. The Morgan fingerprint density at radius 1 is 0.900 bits per heavy atom. The molecule has 0 spiro atoms. The number of nitrogens with zero attached hydrogens (tertiary/aromatic N) is 2. The standard InChI is InChI=1S/C14H22N2O4/c17-13(11-3-9-19-10-11)15-4-6-16(7-5-15)14(18)12-2-1-8-20-12/h11-12H,1-10H2. The van der Waals surface area contributed by atoms with Gasteiger partial charge in [-0.1, -0.05) is 0 Å². The molecule has 0 aromatic carbocycles. The third-order valence-electron chi connectivity index (χ3n) is 4.39. The molecule has 0 bridgehead atoms. The van der Waals surface area contributed by atoms with Crippen LogP contribution in [-0.2, 0) is 19.1 Å². The third-order valence-corrected chi connectivity index (χ3v) is 4.39. The van der Waals surface area contributed by atoms with Crippen LogP contribution >= 0.6 is 0 Å². The molecule has 0 saturated carbocycles. The highest BCUT2D eigenvalue weighted by Crippen LogP contribution is 2.19. The van der Waals surface area contributed by atoms with Crippen LogP contribution in [0.3, 0.4) is 0 Å². The zero-order chi connectivity index (χ0) is 13.9. The van der Waals surface area contributed by atoms with E-state index in [1.807, 2.05) is 9.80 Å². The summed E-state index contributed by atoms with van der Waals surface area (Å²) in [5, 5.41) is 0. The van der Waals surface area contributed by atoms with Crippen molar-refractivity contribution in [2.75, 3.05) is 46.0 Å². The first kappa shape index (κ1) is 13.8. The molecule has 0 aromatic heterocycles. The van der Waals surface area contributed by atoms with Crippen molar-refractivity contribution in [3.63, 3.8) is 0 Å². The number of carbonyl (C=O) groups is 2. The van der Waals surface area contributed by atoms with Crippen molar-refractivity contribution in [1.82, 2.24) is 9.80 Å². The first-order valence-electron chi connectivity index (χ1n) is 7.52. The number of hydrogen-bond acceptors (Lipinski definition) is 4. The molecule has 0 N–H and O–H groups in total. The maximum absolute atomic E-state index is 12.3. The van der Waals surface area contributed by atoms with E-state index in [1.54, 1.807) is 0 Å². The fourth-order valence-electron chi connectivity index (χ4n) is 3.11. The first-order valence-corrected chi connectivity index (χ1v) is 7.52. The molecule has 3 aliphatic rings. The normalized spacial score (nSPS) is 30.8. The molecule has 3 saturated heterocycles. The van der Waals surface area contributed by atoms with E-state index in [0.29, 0.717) is 46.0 Å². The monoisotopic (exact) mass is 282 g/mol. The Hall–Kier alpha value is -1.14. The van der Waals surface area contributed by atoms with E-state index in [2.05, 4.69) is 0 Å². The molecule has 0 aromatic rings. The van der Waals surface area contributed by atoms with E-state index in [-0.39, 0.29) is 23.8 Å². The quantitative estimate of drug-likeness (QED) is 0.708. The molecule has 0 aliphatic carbocycles. The highest BCUT2D eigenvalue weighted by molar-refractivity contribution is 5.82. The van der Waals surface area contributed by atoms with Crippen LogP contribution in [-0.4, -0.2) is 73.7 Å². The number of piperazine rings is 1. The second-order valence-electron chi connectivity index (χ2n) is 5.71. The van der Waals surface area contributed by atoms with Gasteiger partial charge in [-0.2, -0.15) is 0 Å². The van der Waals surface area contributed by atoms with Crippen LogP contribution < -0.4 is 0 Å². The van der Waals surface area contributed by atoms with Crippen LogP contribution in [0.4, 0.5) is 0 Å². The highest BCUT2D eigenvalue weighted by Gasteiger charge is 2.33. The Morgan fingerprint density at radius 3 is 2.15 bits per heavy atom. The smallest absolute Gasteiger partial charge is 0.251 e. The van der Waals surface area contributed by atoms with Gasteiger partial charge >= 0.3 is 0 Å². The van der Waals surface area contributed by atoms with Crippen molar-refractivity contribution in [2.45, 2.75) is 25.4 Å². The Kier molecular flexibility index (Phi) is 4.21. The van der Waals surface area contributed by atoms with Gasteiger partial charge in [0.05, 0.1) is 12.5 Å². The predicted octanol–water partition coefficient (Wildman–Crippen LogP) is -0.127. The third kappa shape index (κ3) is 2.81. The van der Waals surface area contributed by atoms with Crippen molar-refractivity contribution >= 4 is 11.8 Å². The summed E-state index contributed by atoms with van der Waals surface area (Å²) in [5.41, 5.74) is 0. The van der Waals surface area contributed by atoms with E-state index >= 15 is 0 Å². The fraction of sp³-hybridized carbons (Fsp3) is 0.857. The van der Waals surface area contributed by atoms with Crippen LogP contribution in [0.5, 0.6) is 0 Å². The molecule has 2 atom stereocenters. The maximum Gasteiger partial charge on any atom is 0.251 e. The lowest BCUT2D eigenvalue weighted by Crippen LogP contribution is -2.53. The minimum absolute atomic E-state index is 0.0235. The summed E-state index contributed by atoms with van der Waals surface area (Å²) < 4.78 is 10.7. The van der Waals surface area contributed by atoms with Crippen LogP contribution in [0.15, 0.2) is 0 Å². The van der Waals surface area contributed by atoms with Gasteiger partial charge in [-0.25, -0.2) is 0 Å². The Labute approximate surface area is 119 Å². The molecule has 6 nitrogen and oxygen atoms in total. The predicted molar refractivity (Wildman–Crippen MR) is 71.1 cm³/mol. The Bertz CT molecular complexity index is 331. The van der Waals surface area contributed by atoms with Crippen LogP contribution in [0.25, 0.3) is 0 Å². The second-order valence-corrected chi connectivity index (χ2v) is 5.71. The summed E-state index contributed by atoms with van der Waals surface area (Å²) in [7, 11) is 0. The van der Waals surface area contributed by atoms with Gasteiger partial charge in [-0.3, -0.25) is 9.59 Å². The van der Waals surface area contributed by atoms with Gasteiger partial charge < -0.3 is 19.3 Å². The molecular formula is C14H22N2O4. The first-order chi connectivity index (χ1) is 9.75. The number of ether oxygens (including phenoxy) is 2. The average Bonchev–Trinajstić information content (AvgIpc) is 3.18. The number of hydrogen-bond donors (Lipinski definition) is 0. The number of carbonyl (C=O) groups excluding carboxylic acids is 2. The number of rotatable bonds is 2. The van der Waals surface area contributed by atoms with E-state index in [1.165, 1.54) is 0 Å². The van der Waals surface area contributed by atoms with E-state index in [0.717, 1.165) is 19.3 Å². The molecule has 20 heavy (non-hydrogen) atoms. The van der Waals surface area contributed by atoms with Crippen molar-refractivity contribution in [1.29, 1.82) is 0 Å². The fourth-order valence-corrected chi connectivity index (χ4v) is 3.11. The van der Waals surface area contributed by atoms with Gasteiger partial charge in [-0.15, -0.1) is 0 Å². The lowest BCUT2D eigenvalue weighted by molar-refractivity contribution is -0.147. The van der Waals surface area contributed by atoms with E-state index in [9.17, 15) is 9.59 Å². The summed E-state index contributed by atoms with van der Waals surface area (Å²) >= 11 is 0. The zero-order valence-electron chi connectivity index (χ0n) is 11.8. The SMILES string of the molecule is O=C(C1CCOC1)N1CCN(C(=O)C2CCCO2)CC1. The zero-order valence-corrected chi connectivity index (χ0v) is 11.8. The highest BCUT2D eigenvalue weighted by atomic mass is 16.5. The average molecular weight is 282 g/mol. The van der Waals surface area contributed by atoms with Crippen molar-refractivity contribution in [2.24, 2.45) is 5.92 Å². The molecule has 0 radical (unpaired) electrons. The molecule has 3 heterocycles. The molecule has 2 unspecified atom stereocenters. The maximum atomic E-state index is 12.3. The van der Waals surface area contributed by atoms with E-state index < -0.39 is 0 Å². The summed E-state index contributed by atoms with van der Waals surface area (Å²) in [6.45, 7) is 4.44. The Morgan fingerprint density at radius 2 is 1.60 bits per heavy atom. The molecular weight excluding hydrogens is 260 g/mol. The second kappa shape index (κ2) is 6.10. The van der Waals surface area contributed by atoms with Crippen molar-refractivity contribution < 1.29 is 19.1 Å². The topological polar surface area (TPSA) is 59.1 Å². The molecule has 6 heteroatoms. The van der Waals surface area contributed by atoms with Crippen LogP contribution in [0.1, 0.15) is 19.3 Å². The van der Waals surface area contributed by atoms with Gasteiger partial charge in [0.25, 0.3) is 5.91 Å². The molecule has 3 rings (SSSR count). The lowest BCUT2D eigenvalue weighted by atomic mass is 10.1. The largest absolute Gasteiger partial charge is 0.381 e. The molecule has 2 amide bonds. The molecule has 3 aliphatic heterocycles. The summed E-state index contributed by atoms with van der Waals surface area (Å²) in [6, 6.07) is 0. The van der Waals surface area contributed by atoms with Gasteiger partial charge in [0.2, 0.25) is 5.91 Å². The summed E-state index contributed by atoms with van der Waals surface area (Å²) in [4.78, 5) is 28.2. The summed E-state index contributed by atoms with van der Waals surface area (Å²) in [5.74, 6) is 0.306. The van der Waals surface area contributed by atoms with Crippen LogP contribution in [0, 0.1) is 5.92 Å². The number of amides is 2. The van der Waals surface area contributed by atoms with E-state index in [4.69, 9.17) is 9.47 Å². The van der Waals surface area contributed by atoms with Gasteiger partial charge in [0.1, 0.15) is 6.10 Å². The van der Waals surface area contributed by atoms with Crippen molar-refractivity contribution in [3.05, 3.63) is 0 Å². The van der Waals surface area contributed by atoms with Crippen LogP contribution in [0.2, 0.25) is 0 Å². The minimum atomic E-state index is -0.250. The van der Waals surface area contributed by atoms with Gasteiger partial charge in [-0.05, 0) is 19.3 Å². The van der Waals surface area contributed by atoms with Crippen molar-refractivity contribution in [3.8, 4) is 0 Å². The van der Waals surface area contributed by atoms with Gasteiger partial charge in [0, 0.05) is 39.4 Å².